The molecule has 1 N–H and O–H groups in total. The average Bonchev–Trinajstić information content (AvgIpc) is 2.63. The van der Waals surface area contributed by atoms with Crippen molar-refractivity contribution in [3.8, 4) is 0 Å². The maximum atomic E-state index is 13.1. The summed E-state index contributed by atoms with van der Waals surface area (Å²) in [5.41, 5.74) is -0.450. The van der Waals surface area contributed by atoms with E-state index in [1.54, 1.807) is 30.4 Å². The van der Waals surface area contributed by atoms with Gasteiger partial charge >= 0.3 is 0 Å². The van der Waals surface area contributed by atoms with Gasteiger partial charge in [-0.25, -0.2) is 4.39 Å². The fourth-order valence-corrected chi connectivity index (χ4v) is 3.34. The highest BCUT2D eigenvalue weighted by Gasteiger charge is 2.24. The van der Waals surface area contributed by atoms with Crippen LogP contribution in [0.1, 0.15) is 17.4 Å². The highest BCUT2D eigenvalue weighted by atomic mass is 79.9. The second kappa shape index (κ2) is 4.88. The second-order valence-electron chi connectivity index (χ2n) is 4.17. The van der Waals surface area contributed by atoms with Crippen molar-refractivity contribution in [2.45, 2.75) is 18.9 Å². The molecule has 0 saturated carbocycles. The second-order valence-corrected chi connectivity index (χ2v) is 6.71. The first kappa shape index (κ1) is 12.7. The molecule has 0 amide bonds. The van der Waals surface area contributed by atoms with E-state index >= 15 is 0 Å². The van der Waals surface area contributed by atoms with Gasteiger partial charge in [0.25, 0.3) is 0 Å². The molecular formula is C13H12BrFOS. The first-order chi connectivity index (χ1) is 7.97. The summed E-state index contributed by atoms with van der Waals surface area (Å²) in [6, 6.07) is 10.0. The van der Waals surface area contributed by atoms with Crippen LogP contribution in [-0.4, -0.2) is 5.11 Å². The van der Waals surface area contributed by atoms with Crippen LogP contribution in [0.2, 0.25) is 0 Å². The maximum absolute atomic E-state index is 13.1. The zero-order valence-electron chi connectivity index (χ0n) is 9.28. The summed E-state index contributed by atoms with van der Waals surface area (Å²) in [6.45, 7) is 1.70. The first-order valence-electron chi connectivity index (χ1n) is 5.20. The molecule has 1 nitrogen and oxygen atoms in total. The van der Waals surface area contributed by atoms with Gasteiger partial charge in [-0.05, 0) is 52.7 Å². The van der Waals surface area contributed by atoms with Crippen LogP contribution in [-0.2, 0) is 12.0 Å². The Morgan fingerprint density at radius 2 is 2.12 bits per heavy atom. The standard InChI is InChI=1S/C13H12BrFOS/c1-13(16,8-11-5-6-12(14)17-11)9-3-2-4-10(15)7-9/h2-7,16H,8H2,1H3. The summed E-state index contributed by atoms with van der Waals surface area (Å²) in [5, 5.41) is 10.4. The quantitative estimate of drug-likeness (QED) is 0.904. The van der Waals surface area contributed by atoms with Crippen molar-refractivity contribution >= 4 is 27.3 Å². The topological polar surface area (TPSA) is 20.2 Å². The van der Waals surface area contributed by atoms with Crippen molar-refractivity contribution in [1.29, 1.82) is 0 Å². The third-order valence-electron chi connectivity index (χ3n) is 2.59. The summed E-state index contributed by atoms with van der Waals surface area (Å²) in [7, 11) is 0. The molecule has 1 unspecified atom stereocenters. The van der Waals surface area contributed by atoms with Gasteiger partial charge in [0, 0.05) is 11.3 Å². The number of hydrogen-bond acceptors (Lipinski definition) is 2. The predicted octanol–water partition coefficient (Wildman–Crippen LogP) is 4.10. The van der Waals surface area contributed by atoms with E-state index in [0.717, 1.165) is 8.66 Å². The molecule has 0 spiro atoms. The number of halogens is 2. The van der Waals surface area contributed by atoms with E-state index in [2.05, 4.69) is 15.9 Å². The molecule has 0 saturated heterocycles. The molecule has 0 aliphatic rings. The van der Waals surface area contributed by atoms with Gasteiger partial charge in [0.15, 0.2) is 0 Å². The summed E-state index contributed by atoms with van der Waals surface area (Å²) in [6.07, 6.45) is 0.479. The number of benzene rings is 1. The van der Waals surface area contributed by atoms with Gasteiger partial charge in [-0.2, -0.15) is 0 Å². The Labute approximate surface area is 112 Å². The summed E-state index contributed by atoms with van der Waals surface area (Å²) in [4.78, 5) is 1.06. The first-order valence-corrected chi connectivity index (χ1v) is 6.81. The Bertz CT molecular complexity index is 522. The SMILES string of the molecule is CC(O)(Cc1ccc(Br)s1)c1cccc(F)c1. The van der Waals surface area contributed by atoms with Crippen molar-refractivity contribution in [1.82, 2.24) is 0 Å². The summed E-state index contributed by atoms with van der Waals surface area (Å²) < 4.78 is 14.2. The molecule has 1 aromatic heterocycles. The third-order valence-corrected chi connectivity index (χ3v) is 4.22. The highest BCUT2D eigenvalue weighted by molar-refractivity contribution is 9.11. The van der Waals surface area contributed by atoms with E-state index < -0.39 is 5.60 Å². The lowest BCUT2D eigenvalue weighted by molar-refractivity contribution is 0.0581. The smallest absolute Gasteiger partial charge is 0.123 e. The van der Waals surface area contributed by atoms with Crippen LogP contribution in [0.25, 0.3) is 0 Å². The van der Waals surface area contributed by atoms with E-state index in [4.69, 9.17) is 0 Å². The normalized spacial score (nSPS) is 14.6. The van der Waals surface area contributed by atoms with Gasteiger partial charge in [0.05, 0.1) is 9.39 Å². The molecule has 2 rings (SSSR count). The van der Waals surface area contributed by atoms with Crippen molar-refractivity contribution in [3.63, 3.8) is 0 Å². The molecule has 0 aliphatic heterocycles. The van der Waals surface area contributed by atoms with Gasteiger partial charge in [-0.3, -0.25) is 0 Å². The Morgan fingerprint density at radius 1 is 1.35 bits per heavy atom. The van der Waals surface area contributed by atoms with Gasteiger partial charge < -0.3 is 5.11 Å². The lowest BCUT2D eigenvalue weighted by Crippen LogP contribution is -2.23. The molecule has 0 bridgehead atoms. The fourth-order valence-electron chi connectivity index (χ4n) is 1.71. The van der Waals surface area contributed by atoms with Crippen LogP contribution in [0.4, 0.5) is 4.39 Å². The molecular weight excluding hydrogens is 303 g/mol. The van der Waals surface area contributed by atoms with Crippen LogP contribution in [0.3, 0.4) is 0 Å². The molecule has 2 aromatic rings. The number of aliphatic hydroxyl groups is 1. The molecule has 17 heavy (non-hydrogen) atoms. The lowest BCUT2D eigenvalue weighted by Gasteiger charge is -2.23. The Balaban J connectivity index is 2.24. The Morgan fingerprint density at radius 3 is 2.71 bits per heavy atom. The molecule has 90 valence electrons. The largest absolute Gasteiger partial charge is 0.385 e. The molecule has 0 fully saturated rings. The van der Waals surface area contributed by atoms with Crippen LogP contribution < -0.4 is 0 Å². The van der Waals surface area contributed by atoms with Crippen molar-refractivity contribution in [3.05, 3.63) is 56.4 Å². The van der Waals surface area contributed by atoms with Crippen LogP contribution in [0.5, 0.6) is 0 Å². The molecule has 1 atom stereocenters. The van der Waals surface area contributed by atoms with E-state index in [-0.39, 0.29) is 5.82 Å². The third kappa shape index (κ3) is 3.15. The highest BCUT2D eigenvalue weighted by Crippen LogP contribution is 2.30. The number of rotatable bonds is 3. The zero-order valence-corrected chi connectivity index (χ0v) is 11.7. The van der Waals surface area contributed by atoms with Gasteiger partial charge in [0.2, 0.25) is 0 Å². The predicted molar refractivity (Wildman–Crippen MR) is 71.7 cm³/mol. The molecule has 1 aromatic carbocycles. The van der Waals surface area contributed by atoms with Crippen molar-refractivity contribution in [2.75, 3.05) is 0 Å². The minimum Gasteiger partial charge on any atom is -0.385 e. The van der Waals surface area contributed by atoms with Crippen molar-refractivity contribution in [2.24, 2.45) is 0 Å². The van der Waals surface area contributed by atoms with E-state index in [1.807, 2.05) is 12.1 Å². The minimum absolute atomic E-state index is 0.324. The lowest BCUT2D eigenvalue weighted by atomic mass is 9.92. The monoisotopic (exact) mass is 314 g/mol. The number of hydrogen-bond donors (Lipinski definition) is 1. The number of thiophene rings is 1. The van der Waals surface area contributed by atoms with Crippen LogP contribution in [0, 0.1) is 5.82 Å². The average molecular weight is 315 g/mol. The summed E-state index contributed by atoms with van der Waals surface area (Å²) in [5.74, 6) is -0.324. The van der Waals surface area contributed by atoms with Crippen LogP contribution in [0.15, 0.2) is 40.2 Å². The Hall–Kier alpha value is -0.710. The van der Waals surface area contributed by atoms with E-state index in [0.29, 0.717) is 12.0 Å². The van der Waals surface area contributed by atoms with Crippen LogP contribution >= 0.6 is 27.3 Å². The van der Waals surface area contributed by atoms with Gasteiger partial charge in [-0.1, -0.05) is 12.1 Å². The molecule has 0 aliphatic carbocycles. The van der Waals surface area contributed by atoms with Crippen molar-refractivity contribution < 1.29 is 9.50 Å². The molecule has 1 heterocycles. The Kier molecular flexibility index (Phi) is 3.66. The fraction of sp³-hybridized carbons (Fsp3) is 0.231. The summed E-state index contributed by atoms with van der Waals surface area (Å²) >= 11 is 4.96. The maximum Gasteiger partial charge on any atom is 0.123 e. The van der Waals surface area contributed by atoms with E-state index in [1.165, 1.54) is 12.1 Å². The van der Waals surface area contributed by atoms with Gasteiger partial charge in [-0.15, -0.1) is 11.3 Å². The zero-order chi connectivity index (χ0) is 12.5. The molecule has 0 radical (unpaired) electrons. The molecule has 4 heteroatoms. The minimum atomic E-state index is -1.05. The van der Waals surface area contributed by atoms with Gasteiger partial charge in [0.1, 0.15) is 5.82 Å². The van der Waals surface area contributed by atoms with E-state index in [9.17, 15) is 9.50 Å².